The van der Waals surface area contributed by atoms with Crippen molar-refractivity contribution >= 4 is 0 Å². The Bertz CT molecular complexity index is 500. The number of ether oxygens (including phenoxy) is 1. The summed E-state index contributed by atoms with van der Waals surface area (Å²) >= 11 is 0. The zero-order valence-electron chi connectivity index (χ0n) is 10.3. The Hall–Kier alpha value is -1.79. The van der Waals surface area contributed by atoms with Crippen molar-refractivity contribution in [2.24, 2.45) is 0 Å². The number of rotatable bonds is 4. The summed E-state index contributed by atoms with van der Waals surface area (Å²) in [5.41, 5.74) is -3.63. The molecule has 0 aliphatic heterocycles. The van der Waals surface area contributed by atoms with Crippen LogP contribution in [0.2, 0.25) is 0 Å². The van der Waals surface area contributed by atoms with Crippen LogP contribution in [0.25, 0.3) is 0 Å². The molecule has 0 saturated carbocycles. The number of nitrogens with zero attached hydrogens (tertiary/aromatic N) is 1. The van der Waals surface area contributed by atoms with E-state index < -0.39 is 48.4 Å². The fourth-order valence-electron chi connectivity index (χ4n) is 1.51. The highest BCUT2D eigenvalue weighted by Crippen LogP contribution is 2.37. The van der Waals surface area contributed by atoms with Gasteiger partial charge in [-0.15, -0.1) is 0 Å². The van der Waals surface area contributed by atoms with Crippen LogP contribution in [0.1, 0.15) is 22.8 Å². The van der Waals surface area contributed by atoms with Crippen LogP contribution >= 0.6 is 0 Å². The van der Waals surface area contributed by atoms with Crippen molar-refractivity contribution in [2.45, 2.75) is 18.5 Å². The average Bonchev–Trinajstić information content (AvgIpc) is 2.37. The summed E-state index contributed by atoms with van der Waals surface area (Å²) in [4.78, 5) is 0. The Balaban J connectivity index is 3.34. The molecule has 0 saturated heterocycles. The molecule has 0 aliphatic carbocycles. The molecular formula is C12H9F6NO2. The van der Waals surface area contributed by atoms with E-state index in [0.29, 0.717) is 12.1 Å². The van der Waals surface area contributed by atoms with Crippen molar-refractivity contribution in [3.05, 3.63) is 34.9 Å². The van der Waals surface area contributed by atoms with Gasteiger partial charge in [-0.1, -0.05) is 0 Å². The van der Waals surface area contributed by atoms with Gasteiger partial charge in [-0.2, -0.15) is 31.6 Å². The first kappa shape index (κ1) is 17.3. The second-order valence-corrected chi connectivity index (χ2v) is 3.94. The molecule has 0 aromatic heterocycles. The zero-order valence-corrected chi connectivity index (χ0v) is 10.3. The van der Waals surface area contributed by atoms with Crippen LogP contribution in [0.3, 0.4) is 0 Å². The van der Waals surface area contributed by atoms with Gasteiger partial charge in [0.2, 0.25) is 0 Å². The Morgan fingerprint density at radius 1 is 1.05 bits per heavy atom. The van der Waals surface area contributed by atoms with Crippen molar-refractivity contribution in [1.82, 2.24) is 0 Å². The van der Waals surface area contributed by atoms with Gasteiger partial charge < -0.3 is 9.84 Å². The van der Waals surface area contributed by atoms with E-state index in [2.05, 4.69) is 0 Å². The molecule has 0 heterocycles. The first-order valence-corrected chi connectivity index (χ1v) is 5.51. The number of alkyl halides is 6. The van der Waals surface area contributed by atoms with Crippen LogP contribution in [0.4, 0.5) is 26.3 Å². The molecule has 0 amide bonds. The minimum Gasteiger partial charge on any atom is -0.394 e. The lowest BCUT2D eigenvalue weighted by Gasteiger charge is -2.16. The lowest BCUT2D eigenvalue weighted by Crippen LogP contribution is -2.14. The summed E-state index contributed by atoms with van der Waals surface area (Å²) in [6.45, 7) is -0.918. The predicted molar refractivity (Wildman–Crippen MR) is 57.8 cm³/mol. The standard InChI is InChI=1S/C12H9F6NO2/c13-11(14,15)8-3-7(10(6-19)21-2-1-20)4-9(5-8)12(16,17)18/h3-5,10,20H,1-2H2. The van der Waals surface area contributed by atoms with Gasteiger partial charge in [-0.3, -0.25) is 0 Å². The summed E-state index contributed by atoms with van der Waals surface area (Å²) in [5, 5.41) is 17.3. The van der Waals surface area contributed by atoms with Crippen molar-refractivity contribution < 1.29 is 36.2 Å². The summed E-state index contributed by atoms with van der Waals surface area (Å²) < 4.78 is 80.5. The lowest BCUT2D eigenvalue weighted by molar-refractivity contribution is -0.143. The van der Waals surface area contributed by atoms with Gasteiger partial charge in [0.15, 0.2) is 6.10 Å². The van der Waals surface area contributed by atoms with Gasteiger partial charge in [0.05, 0.1) is 30.4 Å². The van der Waals surface area contributed by atoms with E-state index in [9.17, 15) is 26.3 Å². The molecule has 1 unspecified atom stereocenters. The number of nitriles is 1. The molecule has 1 atom stereocenters. The lowest BCUT2D eigenvalue weighted by atomic mass is 10.0. The fourth-order valence-corrected chi connectivity index (χ4v) is 1.51. The third kappa shape index (κ3) is 4.61. The number of aliphatic hydroxyl groups is 1. The topological polar surface area (TPSA) is 53.2 Å². The van der Waals surface area contributed by atoms with Crippen molar-refractivity contribution in [1.29, 1.82) is 5.26 Å². The molecule has 1 N–H and O–H groups in total. The number of halogens is 6. The highest BCUT2D eigenvalue weighted by molar-refractivity contribution is 5.36. The smallest absolute Gasteiger partial charge is 0.394 e. The quantitative estimate of drug-likeness (QED) is 0.868. The summed E-state index contributed by atoms with van der Waals surface area (Å²) in [7, 11) is 0. The second-order valence-electron chi connectivity index (χ2n) is 3.94. The maximum absolute atomic E-state index is 12.6. The van der Waals surface area contributed by atoms with E-state index >= 15 is 0 Å². The van der Waals surface area contributed by atoms with Gasteiger partial charge >= 0.3 is 12.4 Å². The van der Waals surface area contributed by atoms with Crippen LogP contribution in [0.5, 0.6) is 0 Å². The highest BCUT2D eigenvalue weighted by Gasteiger charge is 2.37. The monoisotopic (exact) mass is 313 g/mol. The molecule has 0 spiro atoms. The summed E-state index contributed by atoms with van der Waals surface area (Å²) in [6, 6.07) is 2.24. The molecule has 9 heteroatoms. The van der Waals surface area contributed by atoms with Crippen LogP contribution < -0.4 is 0 Å². The maximum Gasteiger partial charge on any atom is 0.416 e. The van der Waals surface area contributed by atoms with E-state index in [4.69, 9.17) is 15.1 Å². The van der Waals surface area contributed by atoms with Gasteiger partial charge in [0.25, 0.3) is 0 Å². The van der Waals surface area contributed by atoms with E-state index in [-0.39, 0.29) is 6.07 Å². The Kier molecular flexibility index (Phi) is 5.20. The molecule has 21 heavy (non-hydrogen) atoms. The molecule has 0 fully saturated rings. The average molecular weight is 313 g/mol. The van der Waals surface area contributed by atoms with Crippen molar-refractivity contribution in [2.75, 3.05) is 13.2 Å². The SMILES string of the molecule is N#CC(OCCO)c1cc(C(F)(F)F)cc(C(F)(F)F)c1. The first-order valence-electron chi connectivity index (χ1n) is 5.51. The first-order chi connectivity index (χ1) is 9.59. The van der Waals surface area contributed by atoms with Gasteiger partial charge in [-0.05, 0) is 23.8 Å². The van der Waals surface area contributed by atoms with Crippen molar-refractivity contribution in [3.63, 3.8) is 0 Å². The number of hydrogen-bond acceptors (Lipinski definition) is 3. The molecular weight excluding hydrogens is 304 g/mol. The van der Waals surface area contributed by atoms with E-state index in [1.807, 2.05) is 0 Å². The number of hydrogen-bond donors (Lipinski definition) is 1. The largest absolute Gasteiger partial charge is 0.416 e. The maximum atomic E-state index is 12.6. The van der Waals surface area contributed by atoms with Crippen LogP contribution in [0.15, 0.2) is 18.2 Å². The van der Waals surface area contributed by atoms with E-state index in [1.54, 1.807) is 0 Å². The Morgan fingerprint density at radius 2 is 1.52 bits per heavy atom. The molecule has 1 rings (SSSR count). The predicted octanol–water partition coefficient (Wildman–Crippen LogP) is 3.30. The van der Waals surface area contributed by atoms with E-state index in [1.165, 1.54) is 6.07 Å². The molecule has 116 valence electrons. The van der Waals surface area contributed by atoms with Gasteiger partial charge in [-0.25, -0.2) is 0 Å². The minimum atomic E-state index is -4.99. The third-order valence-corrected chi connectivity index (χ3v) is 2.41. The van der Waals surface area contributed by atoms with E-state index in [0.717, 1.165) is 0 Å². The number of benzene rings is 1. The zero-order chi connectivity index (χ0) is 16.3. The fraction of sp³-hybridized carbons (Fsp3) is 0.417. The normalized spacial score (nSPS) is 13.8. The van der Waals surface area contributed by atoms with Crippen LogP contribution in [0, 0.1) is 11.3 Å². The van der Waals surface area contributed by atoms with Crippen molar-refractivity contribution in [3.8, 4) is 6.07 Å². The van der Waals surface area contributed by atoms with Crippen LogP contribution in [-0.4, -0.2) is 18.3 Å². The van der Waals surface area contributed by atoms with Gasteiger partial charge in [0, 0.05) is 0 Å². The Labute approximate surface area is 115 Å². The Morgan fingerprint density at radius 3 is 1.86 bits per heavy atom. The second kappa shape index (κ2) is 6.32. The molecule has 0 bridgehead atoms. The number of aliphatic hydroxyl groups excluding tert-OH is 1. The highest BCUT2D eigenvalue weighted by atomic mass is 19.4. The molecule has 0 aliphatic rings. The third-order valence-electron chi connectivity index (χ3n) is 2.41. The van der Waals surface area contributed by atoms with Crippen LogP contribution in [-0.2, 0) is 17.1 Å². The molecule has 3 nitrogen and oxygen atoms in total. The van der Waals surface area contributed by atoms with Gasteiger partial charge in [0.1, 0.15) is 0 Å². The molecule has 1 aromatic carbocycles. The summed E-state index contributed by atoms with van der Waals surface area (Å²) in [6.07, 6.45) is -11.6. The molecule has 0 radical (unpaired) electrons. The minimum absolute atomic E-state index is 0.0377. The molecule has 1 aromatic rings. The summed E-state index contributed by atoms with van der Waals surface area (Å²) in [5.74, 6) is 0.